The minimum atomic E-state index is -0.931. The van der Waals surface area contributed by atoms with Gasteiger partial charge in [-0.25, -0.2) is 9.59 Å². The lowest BCUT2D eigenvalue weighted by molar-refractivity contribution is 0.0696. The zero-order chi connectivity index (χ0) is 16.9. The quantitative estimate of drug-likeness (QED) is 0.934. The Bertz CT molecular complexity index is 712. The first-order valence-corrected chi connectivity index (χ1v) is 7.92. The molecule has 1 aliphatic heterocycles. The number of carbonyl (C=O) groups is 2. The molecule has 1 atom stereocenters. The lowest BCUT2D eigenvalue weighted by Crippen LogP contribution is -2.29. The van der Waals surface area contributed by atoms with Gasteiger partial charge in [-0.3, -0.25) is 0 Å². The summed E-state index contributed by atoms with van der Waals surface area (Å²) in [5.74, 6) is -0.712. The van der Waals surface area contributed by atoms with E-state index < -0.39 is 5.97 Å². The van der Waals surface area contributed by atoms with E-state index in [4.69, 9.17) is 9.84 Å². The molecule has 24 heavy (non-hydrogen) atoms. The zero-order valence-corrected chi connectivity index (χ0v) is 13.2. The molecular formula is C19H19NO4. The van der Waals surface area contributed by atoms with Crippen molar-refractivity contribution in [2.75, 3.05) is 13.1 Å². The van der Waals surface area contributed by atoms with Crippen molar-refractivity contribution in [3.05, 3.63) is 71.3 Å². The maximum Gasteiger partial charge on any atom is 0.410 e. The molecule has 5 heteroatoms. The van der Waals surface area contributed by atoms with Crippen molar-refractivity contribution in [2.24, 2.45) is 0 Å². The summed E-state index contributed by atoms with van der Waals surface area (Å²) in [4.78, 5) is 24.8. The van der Waals surface area contributed by atoms with Crippen molar-refractivity contribution in [2.45, 2.75) is 18.9 Å². The molecule has 0 radical (unpaired) electrons. The van der Waals surface area contributed by atoms with E-state index in [-0.39, 0.29) is 24.2 Å². The molecule has 1 aliphatic rings. The molecule has 1 saturated heterocycles. The summed E-state index contributed by atoms with van der Waals surface area (Å²) in [6.07, 6.45) is 0.552. The minimum Gasteiger partial charge on any atom is -0.478 e. The van der Waals surface area contributed by atoms with Crippen LogP contribution in [0.5, 0.6) is 0 Å². The standard InChI is InChI=1S/C19H19NO4/c21-18(22)16-8-6-15(7-9-16)17-10-11-20(12-17)19(23)24-13-14-4-2-1-3-5-14/h1-9,17H,10-13H2,(H,21,22). The summed E-state index contributed by atoms with van der Waals surface area (Å²) in [5, 5.41) is 8.94. The van der Waals surface area contributed by atoms with Crippen LogP contribution < -0.4 is 0 Å². The fraction of sp³-hybridized carbons (Fsp3) is 0.263. The maximum atomic E-state index is 12.2. The van der Waals surface area contributed by atoms with E-state index >= 15 is 0 Å². The van der Waals surface area contributed by atoms with Gasteiger partial charge >= 0.3 is 12.1 Å². The number of carboxylic acid groups (broad SMARTS) is 1. The molecule has 124 valence electrons. The van der Waals surface area contributed by atoms with E-state index in [0.29, 0.717) is 13.1 Å². The van der Waals surface area contributed by atoms with E-state index in [0.717, 1.165) is 17.5 Å². The Morgan fingerprint density at radius 1 is 1.08 bits per heavy atom. The normalized spacial score (nSPS) is 16.8. The molecule has 1 heterocycles. The lowest BCUT2D eigenvalue weighted by atomic mass is 9.97. The van der Waals surface area contributed by atoms with Crippen LogP contribution in [0.25, 0.3) is 0 Å². The van der Waals surface area contributed by atoms with Crippen LogP contribution in [0.3, 0.4) is 0 Å². The number of hydrogen-bond acceptors (Lipinski definition) is 3. The van der Waals surface area contributed by atoms with Crippen LogP contribution in [0, 0.1) is 0 Å². The first-order valence-electron chi connectivity index (χ1n) is 7.92. The van der Waals surface area contributed by atoms with Gasteiger partial charge in [-0.15, -0.1) is 0 Å². The fourth-order valence-corrected chi connectivity index (χ4v) is 2.91. The third kappa shape index (κ3) is 3.74. The highest BCUT2D eigenvalue weighted by Crippen LogP contribution is 2.28. The molecule has 0 aromatic heterocycles. The molecule has 3 rings (SSSR count). The van der Waals surface area contributed by atoms with E-state index in [1.165, 1.54) is 0 Å². The molecule has 2 aromatic rings. The Kier molecular flexibility index (Phi) is 4.79. The van der Waals surface area contributed by atoms with Gasteiger partial charge in [0.2, 0.25) is 0 Å². The third-order valence-corrected chi connectivity index (χ3v) is 4.28. The largest absolute Gasteiger partial charge is 0.478 e. The fourth-order valence-electron chi connectivity index (χ4n) is 2.91. The van der Waals surface area contributed by atoms with Crippen LogP contribution >= 0.6 is 0 Å². The highest BCUT2D eigenvalue weighted by Gasteiger charge is 2.28. The highest BCUT2D eigenvalue weighted by molar-refractivity contribution is 5.87. The number of carboxylic acids is 1. The van der Waals surface area contributed by atoms with Gasteiger partial charge in [-0.2, -0.15) is 0 Å². The predicted molar refractivity (Wildman–Crippen MR) is 89.0 cm³/mol. The average Bonchev–Trinajstić information content (AvgIpc) is 3.11. The van der Waals surface area contributed by atoms with Crippen molar-refractivity contribution in [1.82, 2.24) is 4.90 Å². The van der Waals surface area contributed by atoms with Crippen molar-refractivity contribution < 1.29 is 19.4 Å². The second-order valence-corrected chi connectivity index (χ2v) is 5.90. The summed E-state index contributed by atoms with van der Waals surface area (Å²) in [7, 11) is 0. The number of carbonyl (C=O) groups excluding carboxylic acids is 1. The second kappa shape index (κ2) is 7.17. The topological polar surface area (TPSA) is 66.8 Å². The average molecular weight is 325 g/mol. The van der Waals surface area contributed by atoms with Gasteiger partial charge in [-0.1, -0.05) is 42.5 Å². The third-order valence-electron chi connectivity index (χ3n) is 4.28. The van der Waals surface area contributed by atoms with Crippen LogP contribution in [0.1, 0.15) is 33.8 Å². The summed E-state index contributed by atoms with van der Waals surface area (Å²) < 4.78 is 5.36. The van der Waals surface area contributed by atoms with Gasteiger partial charge in [0.25, 0.3) is 0 Å². The van der Waals surface area contributed by atoms with Crippen LogP contribution in [-0.4, -0.2) is 35.2 Å². The Morgan fingerprint density at radius 2 is 1.79 bits per heavy atom. The monoisotopic (exact) mass is 325 g/mol. The minimum absolute atomic E-state index is 0.220. The van der Waals surface area contributed by atoms with E-state index in [1.54, 1.807) is 17.0 Å². The van der Waals surface area contributed by atoms with Gasteiger partial charge in [0.1, 0.15) is 6.61 Å². The summed E-state index contributed by atoms with van der Waals surface area (Å²) in [6, 6.07) is 16.5. The molecule has 0 saturated carbocycles. The van der Waals surface area contributed by atoms with Crippen molar-refractivity contribution in [3.63, 3.8) is 0 Å². The van der Waals surface area contributed by atoms with Crippen molar-refractivity contribution in [1.29, 1.82) is 0 Å². The lowest BCUT2D eigenvalue weighted by Gasteiger charge is -2.16. The van der Waals surface area contributed by atoms with Crippen LogP contribution in [-0.2, 0) is 11.3 Å². The Hall–Kier alpha value is -2.82. The van der Waals surface area contributed by atoms with E-state index in [9.17, 15) is 9.59 Å². The Labute approximate surface area is 140 Å². The van der Waals surface area contributed by atoms with Crippen molar-refractivity contribution in [3.8, 4) is 0 Å². The van der Waals surface area contributed by atoms with Crippen LogP contribution in [0.4, 0.5) is 4.79 Å². The molecule has 2 aromatic carbocycles. The molecule has 1 amide bonds. The molecule has 1 unspecified atom stereocenters. The first-order chi connectivity index (χ1) is 11.6. The highest BCUT2D eigenvalue weighted by atomic mass is 16.6. The van der Waals surface area contributed by atoms with Gasteiger partial charge in [0.05, 0.1) is 5.56 Å². The SMILES string of the molecule is O=C(O)c1ccc(C2CCN(C(=O)OCc3ccccc3)C2)cc1. The van der Waals surface area contributed by atoms with Crippen LogP contribution in [0.2, 0.25) is 0 Å². The van der Waals surface area contributed by atoms with Gasteiger partial charge in [0.15, 0.2) is 0 Å². The zero-order valence-electron chi connectivity index (χ0n) is 13.2. The van der Waals surface area contributed by atoms with Gasteiger partial charge < -0.3 is 14.7 Å². The molecule has 1 fully saturated rings. The van der Waals surface area contributed by atoms with Crippen LogP contribution in [0.15, 0.2) is 54.6 Å². The molecule has 0 bridgehead atoms. The Morgan fingerprint density at radius 3 is 2.46 bits per heavy atom. The molecule has 0 aliphatic carbocycles. The number of aromatic carboxylic acids is 1. The van der Waals surface area contributed by atoms with E-state index in [2.05, 4.69) is 0 Å². The van der Waals surface area contributed by atoms with Crippen molar-refractivity contribution >= 4 is 12.1 Å². The number of hydrogen-bond donors (Lipinski definition) is 1. The summed E-state index contributed by atoms with van der Waals surface area (Å²) in [5.41, 5.74) is 2.29. The summed E-state index contributed by atoms with van der Waals surface area (Å²) >= 11 is 0. The van der Waals surface area contributed by atoms with Gasteiger partial charge in [0, 0.05) is 19.0 Å². The molecule has 1 N–H and O–H groups in total. The first kappa shape index (κ1) is 16.1. The van der Waals surface area contributed by atoms with E-state index in [1.807, 2.05) is 42.5 Å². The maximum absolute atomic E-state index is 12.2. The smallest absolute Gasteiger partial charge is 0.410 e. The predicted octanol–water partition coefficient (Wildman–Crippen LogP) is 3.51. The number of rotatable bonds is 4. The number of nitrogens with zero attached hydrogens (tertiary/aromatic N) is 1. The second-order valence-electron chi connectivity index (χ2n) is 5.90. The molecule has 5 nitrogen and oxygen atoms in total. The van der Waals surface area contributed by atoms with Gasteiger partial charge in [-0.05, 0) is 29.7 Å². The number of amides is 1. The number of ether oxygens (including phenoxy) is 1. The summed E-state index contributed by atoms with van der Waals surface area (Å²) in [6.45, 7) is 1.52. The Balaban J connectivity index is 1.54. The molecular weight excluding hydrogens is 306 g/mol. The molecule has 0 spiro atoms. The number of benzene rings is 2. The number of likely N-dealkylation sites (tertiary alicyclic amines) is 1.